The molecule has 2 aromatic carbocycles. The number of aliphatic hydroxyl groups excluding tert-OH is 1. The molecule has 0 radical (unpaired) electrons. The van der Waals surface area contributed by atoms with Crippen LogP contribution < -0.4 is 5.32 Å². The number of hydrogen-bond acceptors (Lipinski definition) is 4. The van der Waals surface area contributed by atoms with E-state index in [0.29, 0.717) is 13.1 Å². The lowest BCUT2D eigenvalue weighted by atomic mass is 10.0. The van der Waals surface area contributed by atoms with Gasteiger partial charge < -0.3 is 20.2 Å². The first-order valence-corrected chi connectivity index (χ1v) is 9.93. The average molecular weight is 380 g/mol. The minimum atomic E-state index is -0.501. The Morgan fingerprint density at radius 1 is 0.964 bits per heavy atom. The first-order valence-electron chi connectivity index (χ1n) is 9.93. The van der Waals surface area contributed by atoms with Gasteiger partial charge in [0.25, 0.3) is 0 Å². The lowest BCUT2D eigenvalue weighted by molar-refractivity contribution is 0.0512. The number of para-hydroxylation sites is 1. The van der Waals surface area contributed by atoms with Crippen molar-refractivity contribution in [2.45, 2.75) is 12.1 Å². The second-order valence-corrected chi connectivity index (χ2v) is 7.72. The van der Waals surface area contributed by atoms with Crippen molar-refractivity contribution in [3.8, 4) is 11.1 Å². The summed E-state index contributed by atoms with van der Waals surface area (Å²) < 4.78 is 0. The first-order chi connectivity index (χ1) is 13.6. The zero-order valence-electron chi connectivity index (χ0n) is 16.3. The van der Waals surface area contributed by atoms with Crippen molar-refractivity contribution in [2.75, 3.05) is 51.6 Å². The van der Waals surface area contributed by atoms with Crippen molar-refractivity contribution in [3.63, 3.8) is 0 Å². The maximum absolute atomic E-state index is 12.9. The summed E-state index contributed by atoms with van der Waals surface area (Å²) in [5.41, 5.74) is 2.85. The van der Waals surface area contributed by atoms with E-state index < -0.39 is 6.10 Å². The van der Waals surface area contributed by atoms with Crippen molar-refractivity contribution in [1.29, 1.82) is 0 Å². The number of urea groups is 1. The number of amides is 2. The predicted octanol–water partition coefficient (Wildman–Crippen LogP) is 2.18. The smallest absolute Gasteiger partial charge is 0.322 e. The van der Waals surface area contributed by atoms with E-state index >= 15 is 0 Å². The Morgan fingerprint density at radius 3 is 2.39 bits per heavy atom. The average Bonchev–Trinajstić information content (AvgIpc) is 3.11. The van der Waals surface area contributed by atoms with Crippen LogP contribution in [0, 0.1) is 0 Å². The summed E-state index contributed by atoms with van der Waals surface area (Å²) in [6.07, 6.45) is -0.501. The fourth-order valence-corrected chi connectivity index (χ4v) is 4.10. The predicted molar refractivity (Wildman–Crippen MR) is 111 cm³/mol. The Bertz CT molecular complexity index is 805. The number of nitrogens with one attached hydrogen (secondary N) is 1. The van der Waals surface area contributed by atoms with Crippen molar-refractivity contribution >= 4 is 11.7 Å². The number of rotatable bonds is 3. The van der Waals surface area contributed by atoms with Crippen LogP contribution in [0.4, 0.5) is 10.5 Å². The number of anilines is 1. The van der Waals surface area contributed by atoms with Gasteiger partial charge in [-0.05, 0) is 18.7 Å². The molecule has 2 N–H and O–H groups in total. The van der Waals surface area contributed by atoms with E-state index in [-0.39, 0.29) is 12.1 Å². The van der Waals surface area contributed by atoms with E-state index in [9.17, 15) is 9.90 Å². The molecule has 2 fully saturated rings. The summed E-state index contributed by atoms with van der Waals surface area (Å²) in [5.74, 6) is 0. The van der Waals surface area contributed by atoms with Gasteiger partial charge in [-0.1, -0.05) is 48.5 Å². The van der Waals surface area contributed by atoms with Gasteiger partial charge in [-0.2, -0.15) is 0 Å². The standard InChI is InChI=1S/C22H28N4O2/c1-24-11-13-25(14-12-24)20-15-26(16-21(20)27)22(28)23-19-10-6-5-9-18(19)17-7-3-2-4-8-17/h2-10,20-21,27H,11-16H2,1H3,(H,23,28)/t20-,21-/m0/s1. The number of nitrogens with zero attached hydrogens (tertiary/aromatic N) is 3. The monoisotopic (exact) mass is 380 g/mol. The number of β-amino-alcohol motifs (C(OH)–C–C–N with tert-alkyl or cyclic N) is 1. The lowest BCUT2D eigenvalue weighted by Crippen LogP contribution is -2.52. The molecular weight excluding hydrogens is 352 g/mol. The van der Waals surface area contributed by atoms with E-state index in [1.54, 1.807) is 4.90 Å². The van der Waals surface area contributed by atoms with Crippen LogP contribution >= 0.6 is 0 Å². The Morgan fingerprint density at radius 2 is 1.64 bits per heavy atom. The Balaban J connectivity index is 1.44. The second-order valence-electron chi connectivity index (χ2n) is 7.72. The van der Waals surface area contributed by atoms with Crippen LogP contribution in [-0.2, 0) is 0 Å². The van der Waals surface area contributed by atoms with Crippen molar-refractivity contribution in [3.05, 3.63) is 54.6 Å². The molecule has 0 saturated carbocycles. The SMILES string of the molecule is CN1CCN([C@H]2CN(C(=O)Nc3ccccc3-c3ccccc3)C[C@@H]2O)CC1. The van der Waals surface area contributed by atoms with E-state index in [4.69, 9.17) is 0 Å². The summed E-state index contributed by atoms with van der Waals surface area (Å²) >= 11 is 0. The summed E-state index contributed by atoms with van der Waals surface area (Å²) in [7, 11) is 2.12. The summed E-state index contributed by atoms with van der Waals surface area (Å²) in [6, 6.07) is 17.7. The van der Waals surface area contributed by atoms with Gasteiger partial charge in [-0.25, -0.2) is 4.79 Å². The molecule has 4 rings (SSSR count). The summed E-state index contributed by atoms with van der Waals surface area (Å²) in [6.45, 7) is 4.80. The molecule has 2 atom stereocenters. The van der Waals surface area contributed by atoms with Crippen LogP contribution in [0.5, 0.6) is 0 Å². The minimum absolute atomic E-state index is 0.0174. The lowest BCUT2D eigenvalue weighted by Gasteiger charge is -2.37. The van der Waals surface area contributed by atoms with Crippen LogP contribution in [0.2, 0.25) is 0 Å². The fraction of sp³-hybridized carbons (Fsp3) is 0.409. The number of likely N-dealkylation sites (N-methyl/N-ethyl adjacent to an activating group) is 1. The van der Waals surface area contributed by atoms with Gasteiger partial charge in [-0.15, -0.1) is 0 Å². The molecular formula is C22H28N4O2. The van der Waals surface area contributed by atoms with E-state index in [2.05, 4.69) is 22.2 Å². The van der Waals surface area contributed by atoms with Crippen molar-refractivity contribution in [2.24, 2.45) is 0 Å². The highest BCUT2D eigenvalue weighted by Crippen LogP contribution is 2.28. The largest absolute Gasteiger partial charge is 0.390 e. The molecule has 2 aliphatic heterocycles. The van der Waals surface area contributed by atoms with Crippen molar-refractivity contribution < 1.29 is 9.90 Å². The number of hydrogen-bond donors (Lipinski definition) is 2. The van der Waals surface area contributed by atoms with Gasteiger partial charge in [0.1, 0.15) is 0 Å². The maximum atomic E-state index is 12.9. The highest BCUT2D eigenvalue weighted by Gasteiger charge is 2.38. The second kappa shape index (κ2) is 8.31. The molecule has 2 amide bonds. The fourth-order valence-electron chi connectivity index (χ4n) is 4.10. The molecule has 2 aromatic rings. The molecule has 0 aromatic heterocycles. The topological polar surface area (TPSA) is 59.0 Å². The van der Waals surface area contributed by atoms with Gasteiger partial charge in [0.15, 0.2) is 0 Å². The molecule has 2 saturated heterocycles. The molecule has 6 nitrogen and oxygen atoms in total. The van der Waals surface area contributed by atoms with E-state index in [0.717, 1.165) is 43.0 Å². The highest BCUT2D eigenvalue weighted by molar-refractivity contribution is 5.94. The molecule has 0 spiro atoms. The molecule has 2 heterocycles. The highest BCUT2D eigenvalue weighted by atomic mass is 16.3. The van der Waals surface area contributed by atoms with Gasteiger partial charge in [0.2, 0.25) is 0 Å². The third kappa shape index (κ3) is 4.04. The number of carbonyl (C=O) groups is 1. The first kappa shape index (κ1) is 18.9. The van der Waals surface area contributed by atoms with E-state index in [1.165, 1.54) is 0 Å². The van der Waals surface area contributed by atoms with Crippen LogP contribution in [0.15, 0.2) is 54.6 Å². The minimum Gasteiger partial charge on any atom is -0.390 e. The summed E-state index contributed by atoms with van der Waals surface area (Å²) in [5, 5.41) is 13.6. The maximum Gasteiger partial charge on any atom is 0.322 e. The van der Waals surface area contributed by atoms with Crippen LogP contribution in [-0.4, -0.2) is 84.3 Å². The van der Waals surface area contributed by atoms with Gasteiger partial charge in [-0.3, -0.25) is 4.90 Å². The Hall–Kier alpha value is -2.41. The number of aliphatic hydroxyl groups is 1. The molecule has 28 heavy (non-hydrogen) atoms. The third-order valence-electron chi connectivity index (χ3n) is 5.81. The number of benzene rings is 2. The molecule has 148 valence electrons. The number of carbonyl (C=O) groups excluding carboxylic acids is 1. The summed E-state index contributed by atoms with van der Waals surface area (Å²) in [4.78, 5) is 19.2. The molecule has 0 aliphatic carbocycles. The van der Waals surface area contributed by atoms with Gasteiger partial charge >= 0.3 is 6.03 Å². The Kier molecular flexibility index (Phi) is 5.62. The normalized spacial score (nSPS) is 23.7. The third-order valence-corrected chi connectivity index (χ3v) is 5.81. The molecule has 2 aliphatic rings. The molecule has 6 heteroatoms. The van der Waals surface area contributed by atoms with E-state index in [1.807, 2.05) is 54.6 Å². The zero-order chi connectivity index (χ0) is 19.5. The van der Waals surface area contributed by atoms with Gasteiger partial charge in [0.05, 0.1) is 24.4 Å². The quantitative estimate of drug-likeness (QED) is 0.857. The molecule has 0 bridgehead atoms. The number of likely N-dealkylation sites (tertiary alicyclic amines) is 1. The van der Waals surface area contributed by atoms with Crippen molar-refractivity contribution in [1.82, 2.24) is 14.7 Å². The van der Waals surface area contributed by atoms with Crippen LogP contribution in [0.25, 0.3) is 11.1 Å². The number of piperazine rings is 1. The van der Waals surface area contributed by atoms with Gasteiger partial charge in [0, 0.05) is 38.3 Å². The van der Waals surface area contributed by atoms with Crippen LogP contribution in [0.1, 0.15) is 0 Å². The Labute approximate surface area is 166 Å². The zero-order valence-corrected chi connectivity index (χ0v) is 16.3. The van der Waals surface area contributed by atoms with Crippen LogP contribution in [0.3, 0.4) is 0 Å². The molecule has 0 unspecified atom stereocenters.